The van der Waals surface area contributed by atoms with Crippen LogP contribution in [0.4, 0.5) is 5.69 Å². The van der Waals surface area contributed by atoms with Gasteiger partial charge < -0.3 is 20.5 Å². The maximum atomic E-state index is 12.1. The van der Waals surface area contributed by atoms with Gasteiger partial charge in [0.1, 0.15) is 0 Å². The summed E-state index contributed by atoms with van der Waals surface area (Å²) in [7, 11) is 0. The van der Waals surface area contributed by atoms with Crippen molar-refractivity contribution >= 4 is 41.5 Å². The van der Waals surface area contributed by atoms with Gasteiger partial charge in [-0.1, -0.05) is 45.0 Å². The Morgan fingerprint density at radius 3 is 2.50 bits per heavy atom. The Balaban J connectivity index is 0.00000512. The van der Waals surface area contributed by atoms with Gasteiger partial charge in [-0.25, -0.2) is 4.99 Å². The Labute approximate surface area is 209 Å². The van der Waals surface area contributed by atoms with Crippen LogP contribution in [0.5, 0.6) is 0 Å². The third-order valence-electron chi connectivity index (χ3n) is 5.43. The van der Waals surface area contributed by atoms with Crippen LogP contribution in [0.15, 0.2) is 39.8 Å². The van der Waals surface area contributed by atoms with Gasteiger partial charge in [0.15, 0.2) is 11.7 Å². The SMILES string of the molecule is CCNC(=NCc1cccc(NC(=O)C(C)CC)c1)NCc1cc(C(CC)CC)no1.I. The molecule has 1 atom stereocenters. The number of benzene rings is 1. The minimum atomic E-state index is -0.00669. The van der Waals surface area contributed by atoms with E-state index >= 15 is 0 Å². The zero-order chi connectivity index (χ0) is 22.6. The van der Waals surface area contributed by atoms with E-state index in [1.807, 2.05) is 51.1 Å². The van der Waals surface area contributed by atoms with Crippen molar-refractivity contribution in [2.75, 3.05) is 11.9 Å². The Morgan fingerprint density at radius 1 is 1.09 bits per heavy atom. The third-order valence-corrected chi connectivity index (χ3v) is 5.43. The van der Waals surface area contributed by atoms with Gasteiger partial charge in [0.2, 0.25) is 5.91 Å². The number of hydrogen-bond acceptors (Lipinski definition) is 4. The first-order valence-corrected chi connectivity index (χ1v) is 11.4. The third kappa shape index (κ3) is 8.80. The van der Waals surface area contributed by atoms with Gasteiger partial charge in [-0.2, -0.15) is 0 Å². The van der Waals surface area contributed by atoms with Crippen molar-refractivity contribution in [2.45, 2.75) is 72.9 Å². The van der Waals surface area contributed by atoms with Gasteiger partial charge in [0, 0.05) is 30.1 Å². The lowest BCUT2D eigenvalue weighted by Gasteiger charge is -2.12. The molecule has 1 aromatic carbocycles. The number of nitrogens with zero attached hydrogens (tertiary/aromatic N) is 2. The summed E-state index contributed by atoms with van der Waals surface area (Å²) < 4.78 is 5.49. The molecule has 0 saturated carbocycles. The molecular weight excluding hydrogens is 517 g/mol. The molecule has 7 nitrogen and oxygen atoms in total. The first kappa shape index (κ1) is 27.9. The second kappa shape index (κ2) is 14.9. The number of carbonyl (C=O) groups is 1. The molecule has 1 aromatic heterocycles. The molecule has 3 N–H and O–H groups in total. The molecule has 0 saturated heterocycles. The van der Waals surface area contributed by atoms with Crippen LogP contribution < -0.4 is 16.0 Å². The number of rotatable bonds is 11. The average Bonchev–Trinajstić information content (AvgIpc) is 3.25. The highest BCUT2D eigenvalue weighted by Gasteiger charge is 2.13. The average molecular weight is 556 g/mol. The van der Waals surface area contributed by atoms with Crippen LogP contribution in [0, 0.1) is 5.92 Å². The number of aliphatic imine (C=N–C) groups is 1. The summed E-state index contributed by atoms with van der Waals surface area (Å²) in [4.78, 5) is 16.8. The zero-order valence-corrected chi connectivity index (χ0v) is 22.2. The minimum Gasteiger partial charge on any atom is -0.359 e. The van der Waals surface area contributed by atoms with Gasteiger partial charge in [-0.05, 0) is 43.9 Å². The van der Waals surface area contributed by atoms with Crippen molar-refractivity contribution in [1.82, 2.24) is 15.8 Å². The molecule has 2 aromatic rings. The van der Waals surface area contributed by atoms with E-state index in [4.69, 9.17) is 4.52 Å². The Kier molecular flexibility index (Phi) is 13.0. The van der Waals surface area contributed by atoms with E-state index in [1.165, 1.54) is 0 Å². The van der Waals surface area contributed by atoms with Crippen LogP contribution >= 0.6 is 24.0 Å². The first-order chi connectivity index (χ1) is 15.0. The van der Waals surface area contributed by atoms with Gasteiger partial charge in [-0.15, -0.1) is 24.0 Å². The Bertz CT molecular complexity index is 848. The molecule has 178 valence electrons. The zero-order valence-electron chi connectivity index (χ0n) is 19.9. The normalized spacial score (nSPS) is 12.2. The van der Waals surface area contributed by atoms with Gasteiger partial charge in [0.25, 0.3) is 0 Å². The van der Waals surface area contributed by atoms with E-state index < -0.39 is 0 Å². The van der Waals surface area contributed by atoms with Crippen LogP contribution in [-0.4, -0.2) is 23.6 Å². The van der Waals surface area contributed by atoms with Gasteiger partial charge in [-0.3, -0.25) is 4.79 Å². The predicted molar refractivity (Wildman–Crippen MR) is 141 cm³/mol. The van der Waals surface area contributed by atoms with Crippen LogP contribution in [0.3, 0.4) is 0 Å². The highest BCUT2D eigenvalue weighted by atomic mass is 127. The first-order valence-electron chi connectivity index (χ1n) is 11.4. The standard InChI is InChI=1S/C24H37N5O2.HI/c1-6-17(5)23(30)28-20-12-10-11-18(13-20)15-26-24(25-9-4)27-16-21-14-22(29-31-21)19(7-2)8-3;/h10-14,17,19H,6-9,15-16H2,1-5H3,(H,28,30)(H2,25,26,27);1H. The molecule has 0 spiro atoms. The molecule has 32 heavy (non-hydrogen) atoms. The van der Waals surface area contributed by atoms with Crippen molar-refractivity contribution < 1.29 is 9.32 Å². The van der Waals surface area contributed by atoms with Crippen molar-refractivity contribution in [1.29, 1.82) is 0 Å². The minimum absolute atomic E-state index is 0. The monoisotopic (exact) mass is 555 g/mol. The molecule has 0 fully saturated rings. The van der Waals surface area contributed by atoms with Crippen LogP contribution in [-0.2, 0) is 17.9 Å². The smallest absolute Gasteiger partial charge is 0.227 e. The Morgan fingerprint density at radius 2 is 1.84 bits per heavy atom. The number of aromatic nitrogens is 1. The second-order valence-electron chi connectivity index (χ2n) is 7.78. The maximum Gasteiger partial charge on any atom is 0.227 e. The summed E-state index contributed by atoms with van der Waals surface area (Å²) in [5.41, 5.74) is 2.83. The molecule has 0 radical (unpaired) electrons. The fourth-order valence-electron chi connectivity index (χ4n) is 3.19. The molecular formula is C24H38IN5O2. The quantitative estimate of drug-likeness (QED) is 0.195. The molecule has 1 amide bonds. The molecule has 8 heteroatoms. The van der Waals surface area contributed by atoms with Gasteiger partial charge >= 0.3 is 0 Å². The molecule has 0 bridgehead atoms. The summed E-state index contributed by atoms with van der Waals surface area (Å²) in [5, 5.41) is 13.7. The second-order valence-corrected chi connectivity index (χ2v) is 7.78. The molecule has 0 aliphatic carbocycles. The fourth-order valence-corrected chi connectivity index (χ4v) is 3.19. The van der Waals surface area contributed by atoms with E-state index in [9.17, 15) is 4.79 Å². The van der Waals surface area contributed by atoms with E-state index in [-0.39, 0.29) is 35.8 Å². The fraction of sp³-hybridized carbons (Fsp3) is 0.542. The molecule has 0 aliphatic heterocycles. The topological polar surface area (TPSA) is 91.5 Å². The van der Waals surface area contributed by atoms with Crippen molar-refractivity contribution in [3.8, 4) is 0 Å². The lowest BCUT2D eigenvalue weighted by molar-refractivity contribution is -0.119. The summed E-state index contributed by atoms with van der Waals surface area (Å²) in [6.45, 7) is 12.1. The molecule has 0 aliphatic rings. The number of nitrogens with one attached hydrogen (secondary N) is 3. The maximum absolute atomic E-state index is 12.1. The lowest BCUT2D eigenvalue weighted by atomic mass is 9.99. The van der Waals surface area contributed by atoms with E-state index in [0.717, 1.165) is 48.5 Å². The summed E-state index contributed by atoms with van der Waals surface area (Å²) in [6.07, 6.45) is 2.92. The van der Waals surface area contributed by atoms with E-state index in [0.29, 0.717) is 25.0 Å². The highest BCUT2D eigenvalue weighted by molar-refractivity contribution is 14.0. The van der Waals surface area contributed by atoms with Crippen LogP contribution in [0.2, 0.25) is 0 Å². The predicted octanol–water partition coefficient (Wildman–Crippen LogP) is 5.44. The number of carbonyl (C=O) groups excluding carboxylic acids is 1. The lowest BCUT2D eigenvalue weighted by Crippen LogP contribution is -2.36. The summed E-state index contributed by atoms with van der Waals surface area (Å²) in [5.74, 6) is 1.97. The van der Waals surface area contributed by atoms with Crippen molar-refractivity contribution in [2.24, 2.45) is 10.9 Å². The van der Waals surface area contributed by atoms with Crippen LogP contribution in [0.25, 0.3) is 0 Å². The largest absolute Gasteiger partial charge is 0.359 e. The number of halogens is 1. The van der Waals surface area contributed by atoms with Crippen molar-refractivity contribution in [3.05, 3.63) is 47.3 Å². The molecule has 2 rings (SSSR count). The number of hydrogen-bond donors (Lipinski definition) is 3. The summed E-state index contributed by atoms with van der Waals surface area (Å²) >= 11 is 0. The van der Waals surface area contributed by atoms with Crippen LogP contribution in [0.1, 0.15) is 76.8 Å². The van der Waals surface area contributed by atoms with Crippen molar-refractivity contribution in [3.63, 3.8) is 0 Å². The molecule has 1 unspecified atom stereocenters. The molecule has 1 heterocycles. The van der Waals surface area contributed by atoms with E-state index in [1.54, 1.807) is 0 Å². The van der Waals surface area contributed by atoms with E-state index in [2.05, 4.69) is 39.9 Å². The highest BCUT2D eigenvalue weighted by Crippen LogP contribution is 2.22. The van der Waals surface area contributed by atoms with Gasteiger partial charge in [0.05, 0.1) is 18.8 Å². The summed E-state index contributed by atoms with van der Waals surface area (Å²) in [6, 6.07) is 9.83. The number of guanidine groups is 1. The Hall–Kier alpha value is -2.10. The number of anilines is 1. The number of amides is 1.